The monoisotopic (exact) mass is 408 g/mol. The van der Waals surface area contributed by atoms with E-state index in [4.69, 9.17) is 15.2 Å². The van der Waals surface area contributed by atoms with Gasteiger partial charge in [0.2, 0.25) is 11.8 Å². The fourth-order valence-electron chi connectivity index (χ4n) is 4.25. The molecule has 7 nitrogen and oxygen atoms in total. The maximum atomic E-state index is 13.4. The van der Waals surface area contributed by atoms with Crippen molar-refractivity contribution in [2.45, 2.75) is 11.2 Å². The Morgan fingerprint density at radius 1 is 1.03 bits per heavy atom. The van der Waals surface area contributed by atoms with Crippen molar-refractivity contribution in [2.75, 3.05) is 12.0 Å². The number of hydrogen-bond acceptors (Lipinski definition) is 7. The van der Waals surface area contributed by atoms with E-state index in [2.05, 4.69) is 0 Å². The number of hydrogen-bond donors (Lipinski definition) is 1. The zero-order valence-corrected chi connectivity index (χ0v) is 16.1. The Morgan fingerprint density at radius 3 is 2.52 bits per heavy atom. The number of methoxy groups -OCH3 is 1. The van der Waals surface area contributed by atoms with E-state index in [1.807, 2.05) is 6.07 Å². The van der Waals surface area contributed by atoms with Gasteiger partial charge in [0.25, 0.3) is 0 Å². The standard InChI is InChI=1S/C21H16N2O5S/c1-27-12-9-5-8-11-13-14-17(29-18(22)15(13)21(26)28-16(11)12)20(25)23(19(14)24)10-6-3-2-4-7-10/h2-9,13-14,17H,22H2,1H3/t13-,14-,17+/m1/s1. The molecule has 2 aromatic rings. The molecular formula is C21H16N2O5S. The molecule has 0 bridgehead atoms. The molecule has 29 heavy (non-hydrogen) atoms. The van der Waals surface area contributed by atoms with Crippen LogP contribution in [0.2, 0.25) is 0 Å². The van der Waals surface area contributed by atoms with E-state index >= 15 is 0 Å². The topological polar surface area (TPSA) is 98.9 Å². The second-order valence-corrected chi connectivity index (χ2v) is 8.12. The maximum absolute atomic E-state index is 13.4. The molecule has 0 spiro atoms. The second-order valence-electron chi connectivity index (χ2n) is 6.94. The van der Waals surface area contributed by atoms with Gasteiger partial charge in [0.1, 0.15) is 5.25 Å². The van der Waals surface area contributed by atoms with Crippen molar-refractivity contribution in [1.29, 1.82) is 0 Å². The van der Waals surface area contributed by atoms with Crippen LogP contribution in [0.3, 0.4) is 0 Å². The summed E-state index contributed by atoms with van der Waals surface area (Å²) in [4.78, 5) is 40.5. The van der Waals surface area contributed by atoms with Gasteiger partial charge < -0.3 is 15.2 Å². The van der Waals surface area contributed by atoms with Crippen molar-refractivity contribution in [2.24, 2.45) is 11.7 Å². The van der Waals surface area contributed by atoms with E-state index in [0.29, 0.717) is 17.0 Å². The van der Waals surface area contributed by atoms with Crippen LogP contribution in [0.1, 0.15) is 11.5 Å². The third-order valence-corrected chi connectivity index (χ3v) is 6.70. The molecule has 3 aliphatic heterocycles. The summed E-state index contributed by atoms with van der Waals surface area (Å²) in [5.74, 6) is -2.07. The molecular weight excluding hydrogens is 392 g/mol. The number of fused-ring (bicyclic) bond motifs is 5. The highest BCUT2D eigenvalue weighted by Crippen LogP contribution is 2.55. The van der Waals surface area contributed by atoms with Crippen LogP contribution in [-0.2, 0) is 14.4 Å². The number of carbonyl (C=O) groups excluding carboxylic acids is 3. The molecule has 3 aliphatic rings. The predicted molar refractivity (Wildman–Crippen MR) is 106 cm³/mol. The third kappa shape index (κ3) is 2.42. The van der Waals surface area contributed by atoms with Crippen LogP contribution in [0, 0.1) is 5.92 Å². The first-order valence-electron chi connectivity index (χ1n) is 9.01. The minimum atomic E-state index is -0.756. The number of nitrogens with zero attached hydrogens (tertiary/aromatic N) is 1. The second kappa shape index (κ2) is 6.38. The molecule has 0 radical (unpaired) electrons. The van der Waals surface area contributed by atoms with Gasteiger partial charge in [-0.15, -0.1) is 0 Å². The number of anilines is 1. The molecule has 5 rings (SSSR count). The number of ether oxygens (including phenoxy) is 2. The van der Waals surface area contributed by atoms with Crippen LogP contribution < -0.4 is 20.1 Å². The number of imide groups is 1. The molecule has 3 atom stereocenters. The first-order chi connectivity index (χ1) is 14.0. The largest absolute Gasteiger partial charge is 0.493 e. The zero-order chi connectivity index (χ0) is 20.3. The summed E-state index contributed by atoms with van der Waals surface area (Å²) in [6, 6.07) is 14.0. The van der Waals surface area contributed by atoms with Crippen molar-refractivity contribution in [3.63, 3.8) is 0 Å². The van der Waals surface area contributed by atoms with Crippen molar-refractivity contribution in [3.8, 4) is 11.5 Å². The fourth-order valence-corrected chi connectivity index (χ4v) is 5.48. The molecule has 0 aromatic heterocycles. The number of amides is 2. The van der Waals surface area contributed by atoms with Gasteiger partial charge >= 0.3 is 5.97 Å². The van der Waals surface area contributed by atoms with Crippen molar-refractivity contribution in [1.82, 2.24) is 0 Å². The number of carbonyl (C=O) groups is 3. The number of benzene rings is 2. The van der Waals surface area contributed by atoms with Gasteiger partial charge in [-0.25, -0.2) is 9.69 Å². The molecule has 8 heteroatoms. The average molecular weight is 408 g/mol. The smallest absolute Gasteiger partial charge is 0.342 e. The third-order valence-electron chi connectivity index (χ3n) is 5.48. The summed E-state index contributed by atoms with van der Waals surface area (Å²) in [5, 5.41) is -0.493. The summed E-state index contributed by atoms with van der Waals surface area (Å²) in [6.45, 7) is 0. The fraction of sp³-hybridized carbons (Fsp3) is 0.190. The van der Waals surface area contributed by atoms with E-state index < -0.39 is 23.1 Å². The van der Waals surface area contributed by atoms with E-state index in [-0.39, 0.29) is 28.2 Å². The number of esters is 1. The van der Waals surface area contributed by atoms with E-state index in [0.717, 1.165) is 11.8 Å². The number of para-hydroxylation sites is 2. The van der Waals surface area contributed by atoms with Gasteiger partial charge in [-0.1, -0.05) is 42.1 Å². The predicted octanol–water partition coefficient (Wildman–Crippen LogP) is 2.17. The highest BCUT2D eigenvalue weighted by atomic mass is 32.2. The van der Waals surface area contributed by atoms with Crippen LogP contribution in [0.5, 0.6) is 11.5 Å². The lowest BCUT2D eigenvalue weighted by Crippen LogP contribution is -2.39. The van der Waals surface area contributed by atoms with Crippen molar-refractivity contribution in [3.05, 3.63) is 64.7 Å². The van der Waals surface area contributed by atoms with Crippen LogP contribution in [0.15, 0.2) is 59.1 Å². The number of thioether (sulfide) groups is 1. The van der Waals surface area contributed by atoms with Crippen LogP contribution >= 0.6 is 11.8 Å². The Bertz CT molecular complexity index is 1100. The highest BCUT2D eigenvalue weighted by molar-refractivity contribution is 8.04. The molecule has 3 heterocycles. The van der Waals surface area contributed by atoms with E-state index in [1.165, 1.54) is 12.0 Å². The lowest BCUT2D eigenvalue weighted by Gasteiger charge is -2.36. The number of nitrogens with two attached hydrogens (primary N) is 1. The molecule has 2 N–H and O–H groups in total. The van der Waals surface area contributed by atoms with Gasteiger partial charge in [0, 0.05) is 11.5 Å². The molecule has 0 unspecified atom stereocenters. The minimum absolute atomic E-state index is 0.214. The number of rotatable bonds is 2. The van der Waals surface area contributed by atoms with Crippen molar-refractivity contribution >= 4 is 35.2 Å². The Kier molecular flexibility index (Phi) is 3.92. The van der Waals surface area contributed by atoms with E-state index in [1.54, 1.807) is 42.5 Å². The lowest BCUT2D eigenvalue weighted by molar-refractivity contribution is -0.132. The van der Waals surface area contributed by atoms with Crippen LogP contribution in [0.4, 0.5) is 5.69 Å². The highest BCUT2D eigenvalue weighted by Gasteiger charge is 2.58. The normalized spacial score (nSPS) is 25.3. The van der Waals surface area contributed by atoms with Gasteiger partial charge in [0.05, 0.1) is 29.3 Å². The summed E-state index contributed by atoms with van der Waals surface area (Å²) in [5.41, 5.74) is 7.53. The first kappa shape index (κ1) is 17.8. The van der Waals surface area contributed by atoms with Gasteiger partial charge in [0.15, 0.2) is 11.5 Å². The average Bonchev–Trinajstić information content (AvgIpc) is 2.97. The molecule has 146 valence electrons. The molecule has 1 fully saturated rings. The molecule has 2 aromatic carbocycles. The summed E-state index contributed by atoms with van der Waals surface area (Å²) in [6.07, 6.45) is 0. The van der Waals surface area contributed by atoms with Gasteiger partial charge in [-0.3, -0.25) is 9.59 Å². The van der Waals surface area contributed by atoms with Crippen LogP contribution in [0.25, 0.3) is 0 Å². The summed E-state index contributed by atoms with van der Waals surface area (Å²) >= 11 is 1.05. The quantitative estimate of drug-likeness (QED) is 0.462. The minimum Gasteiger partial charge on any atom is -0.493 e. The lowest BCUT2D eigenvalue weighted by atomic mass is 9.77. The summed E-state index contributed by atoms with van der Waals surface area (Å²) in [7, 11) is 1.48. The van der Waals surface area contributed by atoms with Gasteiger partial charge in [-0.2, -0.15) is 0 Å². The SMILES string of the molecule is COc1cccc2c1OC(=O)C1=C(N)S[C@@H]3C(=O)N(c4ccccc4)C(=O)[C@@H]3[C@H]12. The van der Waals surface area contributed by atoms with Crippen molar-refractivity contribution < 1.29 is 23.9 Å². The Morgan fingerprint density at radius 2 is 1.79 bits per heavy atom. The first-order valence-corrected chi connectivity index (χ1v) is 9.89. The zero-order valence-electron chi connectivity index (χ0n) is 15.3. The molecule has 1 saturated heterocycles. The Labute approximate surface area is 170 Å². The van der Waals surface area contributed by atoms with Gasteiger partial charge in [-0.05, 0) is 18.2 Å². The molecule has 0 aliphatic carbocycles. The summed E-state index contributed by atoms with van der Waals surface area (Å²) < 4.78 is 10.8. The molecule has 2 amide bonds. The maximum Gasteiger partial charge on any atom is 0.342 e. The molecule has 0 saturated carbocycles. The van der Waals surface area contributed by atoms with E-state index in [9.17, 15) is 14.4 Å². The Hall–Kier alpha value is -3.26. The Balaban J connectivity index is 1.69. The van der Waals surface area contributed by atoms with Crippen LogP contribution in [-0.4, -0.2) is 30.1 Å².